The Bertz CT molecular complexity index is 775. The van der Waals surface area contributed by atoms with Gasteiger partial charge < -0.3 is 9.80 Å². The van der Waals surface area contributed by atoms with Crippen molar-refractivity contribution in [3.63, 3.8) is 0 Å². The number of anilines is 1. The van der Waals surface area contributed by atoms with E-state index in [1.165, 1.54) is 11.3 Å². The van der Waals surface area contributed by atoms with Gasteiger partial charge in [0, 0.05) is 36.9 Å². The lowest BCUT2D eigenvalue weighted by Gasteiger charge is -2.38. The molecule has 1 amide bonds. The number of hydrogen-bond acceptors (Lipinski definition) is 2. The van der Waals surface area contributed by atoms with Crippen molar-refractivity contribution in [2.24, 2.45) is 0 Å². The fourth-order valence-corrected chi connectivity index (χ4v) is 4.02. The van der Waals surface area contributed by atoms with E-state index >= 15 is 0 Å². The van der Waals surface area contributed by atoms with Crippen molar-refractivity contribution in [2.75, 3.05) is 31.1 Å². The monoisotopic (exact) mass is 354 g/mol. The fourth-order valence-electron chi connectivity index (χ4n) is 3.89. The third kappa shape index (κ3) is 3.02. The molecule has 0 aromatic heterocycles. The summed E-state index contributed by atoms with van der Waals surface area (Å²) in [4.78, 5) is 17.6. The minimum Gasteiger partial charge on any atom is -0.368 e. The number of nitrogens with zero attached hydrogens (tertiary/aromatic N) is 2. The summed E-state index contributed by atoms with van der Waals surface area (Å²) in [5, 5.41) is 0.721. The van der Waals surface area contributed by atoms with Gasteiger partial charge >= 0.3 is 0 Å². The van der Waals surface area contributed by atoms with E-state index in [0.29, 0.717) is 5.91 Å². The number of carbonyl (C=O) groups excluding carboxylic acids is 1. The van der Waals surface area contributed by atoms with Gasteiger partial charge in [-0.2, -0.15) is 0 Å². The summed E-state index contributed by atoms with van der Waals surface area (Å²) >= 11 is 6.00. The molecule has 25 heavy (non-hydrogen) atoms. The highest BCUT2D eigenvalue weighted by Gasteiger charge is 2.53. The lowest BCUT2D eigenvalue weighted by atomic mass is 9.94. The van der Waals surface area contributed by atoms with Crippen LogP contribution < -0.4 is 4.90 Å². The Morgan fingerprint density at radius 3 is 2.20 bits per heavy atom. The Balaban J connectivity index is 1.45. The van der Waals surface area contributed by atoms with Crippen molar-refractivity contribution < 1.29 is 4.79 Å². The van der Waals surface area contributed by atoms with E-state index in [1.807, 2.05) is 24.3 Å². The van der Waals surface area contributed by atoms with Gasteiger partial charge in [0.15, 0.2) is 0 Å². The largest absolute Gasteiger partial charge is 0.368 e. The third-order valence-corrected chi connectivity index (χ3v) is 5.83. The average molecular weight is 355 g/mol. The molecule has 0 atom stereocenters. The molecule has 4 heteroatoms. The van der Waals surface area contributed by atoms with E-state index in [1.54, 1.807) is 0 Å². The minimum absolute atomic E-state index is 0.291. The molecule has 1 aliphatic carbocycles. The number of rotatable bonds is 3. The molecule has 4 rings (SSSR count). The van der Waals surface area contributed by atoms with E-state index < -0.39 is 0 Å². The number of hydrogen-bond donors (Lipinski definition) is 0. The van der Waals surface area contributed by atoms with Gasteiger partial charge in [-0.25, -0.2) is 0 Å². The van der Waals surface area contributed by atoms with Crippen LogP contribution in [-0.4, -0.2) is 37.0 Å². The first-order valence-corrected chi connectivity index (χ1v) is 9.34. The molecule has 0 N–H and O–H groups in total. The molecule has 1 saturated heterocycles. The Morgan fingerprint density at radius 1 is 0.960 bits per heavy atom. The molecule has 0 radical (unpaired) electrons. The lowest BCUT2D eigenvalue weighted by Crippen LogP contribution is -2.51. The molecule has 2 fully saturated rings. The number of piperazine rings is 1. The maximum absolute atomic E-state index is 13.2. The number of para-hydroxylation sites is 1. The molecule has 3 nitrogen and oxygen atoms in total. The SMILES string of the molecule is Cc1ccccc1N1CCN(C(=O)C2(c3ccc(Cl)cc3)CC2)CC1. The molecule has 2 aliphatic rings. The Labute approximate surface area is 154 Å². The standard InChI is InChI=1S/C21H23ClN2O/c1-16-4-2-3-5-19(16)23-12-14-24(15-13-23)20(25)21(10-11-21)17-6-8-18(22)9-7-17/h2-9H,10-15H2,1H3. The van der Waals surface area contributed by atoms with Crippen LogP contribution in [-0.2, 0) is 10.2 Å². The number of amides is 1. The van der Waals surface area contributed by atoms with Gasteiger partial charge in [0.2, 0.25) is 5.91 Å². The number of benzene rings is 2. The molecule has 1 saturated carbocycles. The molecular weight excluding hydrogens is 332 g/mol. The van der Waals surface area contributed by atoms with Crippen molar-refractivity contribution in [1.29, 1.82) is 0 Å². The predicted octanol–water partition coefficient (Wildman–Crippen LogP) is 4.03. The van der Waals surface area contributed by atoms with E-state index in [0.717, 1.165) is 49.6 Å². The first-order chi connectivity index (χ1) is 12.1. The lowest BCUT2D eigenvalue weighted by molar-refractivity contribution is -0.134. The first kappa shape index (κ1) is 16.5. The second-order valence-electron chi connectivity index (χ2n) is 7.15. The van der Waals surface area contributed by atoms with Crippen molar-refractivity contribution in [3.8, 4) is 0 Å². The van der Waals surface area contributed by atoms with Crippen LogP contribution in [0.15, 0.2) is 48.5 Å². The van der Waals surface area contributed by atoms with Gasteiger partial charge in [0.1, 0.15) is 0 Å². The molecule has 1 heterocycles. The molecule has 0 unspecified atom stereocenters. The minimum atomic E-state index is -0.296. The topological polar surface area (TPSA) is 23.6 Å². The summed E-state index contributed by atoms with van der Waals surface area (Å²) < 4.78 is 0. The molecule has 0 spiro atoms. The van der Waals surface area contributed by atoms with Crippen molar-refractivity contribution in [3.05, 3.63) is 64.7 Å². The highest BCUT2D eigenvalue weighted by atomic mass is 35.5. The maximum atomic E-state index is 13.2. The van der Waals surface area contributed by atoms with Gasteiger partial charge in [0.25, 0.3) is 0 Å². The van der Waals surface area contributed by atoms with Crippen molar-refractivity contribution in [2.45, 2.75) is 25.2 Å². The van der Waals surface area contributed by atoms with E-state index in [4.69, 9.17) is 11.6 Å². The molecule has 2 aromatic rings. The second kappa shape index (κ2) is 6.38. The number of carbonyl (C=O) groups is 1. The normalized spacial score (nSPS) is 19.0. The van der Waals surface area contributed by atoms with Gasteiger partial charge in [0.05, 0.1) is 5.41 Å². The van der Waals surface area contributed by atoms with Crippen molar-refractivity contribution >= 4 is 23.2 Å². The van der Waals surface area contributed by atoms with Crippen LogP contribution >= 0.6 is 11.6 Å². The maximum Gasteiger partial charge on any atom is 0.233 e. The van der Waals surface area contributed by atoms with E-state index in [-0.39, 0.29) is 5.41 Å². The third-order valence-electron chi connectivity index (χ3n) is 5.58. The van der Waals surface area contributed by atoms with E-state index in [9.17, 15) is 4.79 Å². The van der Waals surface area contributed by atoms with Crippen LogP contribution in [0.2, 0.25) is 5.02 Å². The van der Waals surface area contributed by atoms with Gasteiger partial charge in [-0.15, -0.1) is 0 Å². The number of halogens is 1. The van der Waals surface area contributed by atoms with Crippen molar-refractivity contribution in [1.82, 2.24) is 4.90 Å². The highest BCUT2D eigenvalue weighted by Crippen LogP contribution is 2.50. The number of aryl methyl sites for hydroxylation is 1. The Morgan fingerprint density at radius 2 is 1.60 bits per heavy atom. The Hall–Kier alpha value is -2.00. The molecular formula is C21H23ClN2O. The smallest absolute Gasteiger partial charge is 0.233 e. The molecule has 2 aromatic carbocycles. The quantitative estimate of drug-likeness (QED) is 0.830. The zero-order valence-corrected chi connectivity index (χ0v) is 15.3. The Kier molecular flexibility index (Phi) is 4.20. The summed E-state index contributed by atoms with van der Waals surface area (Å²) in [5.74, 6) is 0.291. The van der Waals surface area contributed by atoms with Crippen LogP contribution in [0, 0.1) is 6.92 Å². The highest BCUT2D eigenvalue weighted by molar-refractivity contribution is 6.30. The van der Waals surface area contributed by atoms with Crippen LogP contribution in [0.1, 0.15) is 24.0 Å². The van der Waals surface area contributed by atoms with Gasteiger partial charge in [-0.3, -0.25) is 4.79 Å². The molecule has 0 bridgehead atoms. The fraction of sp³-hybridized carbons (Fsp3) is 0.381. The average Bonchev–Trinajstić information content (AvgIpc) is 3.44. The van der Waals surface area contributed by atoms with Gasteiger partial charge in [-0.1, -0.05) is 41.9 Å². The van der Waals surface area contributed by atoms with Crippen LogP contribution in [0.5, 0.6) is 0 Å². The summed E-state index contributed by atoms with van der Waals surface area (Å²) in [7, 11) is 0. The summed E-state index contributed by atoms with van der Waals surface area (Å²) in [5.41, 5.74) is 3.40. The molecule has 1 aliphatic heterocycles. The molecule has 130 valence electrons. The zero-order valence-electron chi connectivity index (χ0n) is 14.5. The van der Waals surface area contributed by atoms with E-state index in [2.05, 4.69) is 41.0 Å². The van der Waals surface area contributed by atoms with Crippen LogP contribution in [0.4, 0.5) is 5.69 Å². The second-order valence-corrected chi connectivity index (χ2v) is 7.59. The predicted molar refractivity (Wildman–Crippen MR) is 102 cm³/mol. The summed E-state index contributed by atoms with van der Waals surface area (Å²) in [6.45, 7) is 5.53. The zero-order chi connectivity index (χ0) is 17.4. The summed E-state index contributed by atoms with van der Waals surface area (Å²) in [6.07, 6.45) is 1.90. The van der Waals surface area contributed by atoms with Crippen LogP contribution in [0.3, 0.4) is 0 Å². The summed E-state index contributed by atoms with van der Waals surface area (Å²) in [6, 6.07) is 16.3. The van der Waals surface area contributed by atoms with Gasteiger partial charge in [-0.05, 0) is 49.1 Å². The van der Waals surface area contributed by atoms with Crippen LogP contribution in [0.25, 0.3) is 0 Å². The first-order valence-electron chi connectivity index (χ1n) is 8.96.